The summed E-state index contributed by atoms with van der Waals surface area (Å²) < 4.78 is 0.882. The molecule has 76 valence electrons. The molecule has 2 heterocycles. The zero-order valence-electron chi connectivity index (χ0n) is 7.60. The average Bonchev–Trinajstić information content (AvgIpc) is 2.60. The van der Waals surface area contributed by atoms with Crippen molar-refractivity contribution in [3.05, 3.63) is 5.51 Å². The normalized spacial score (nSPS) is 22.9. The van der Waals surface area contributed by atoms with Gasteiger partial charge >= 0.3 is 0 Å². The van der Waals surface area contributed by atoms with E-state index in [1.165, 1.54) is 23.1 Å². The summed E-state index contributed by atoms with van der Waals surface area (Å²) in [7, 11) is 0. The van der Waals surface area contributed by atoms with E-state index in [9.17, 15) is 4.79 Å². The average molecular weight is 229 g/mol. The number of nitrogens with zero attached hydrogens (tertiary/aromatic N) is 2. The Morgan fingerprint density at radius 1 is 1.57 bits per heavy atom. The molecule has 1 saturated heterocycles. The molecule has 14 heavy (non-hydrogen) atoms. The molecule has 1 atom stereocenters. The van der Waals surface area contributed by atoms with E-state index in [2.05, 4.69) is 15.5 Å². The van der Waals surface area contributed by atoms with Crippen molar-refractivity contribution in [1.29, 1.82) is 0 Å². The molecule has 0 bridgehead atoms. The van der Waals surface area contributed by atoms with Gasteiger partial charge in [-0.25, -0.2) is 0 Å². The standard InChI is InChI=1S/C8H11N3OS2/c12-7-6(3-1-2-4-9-7)14-8-11-10-5-13-8/h5-6H,1-4H2,(H,9,12)/t6-/m0/s1. The van der Waals surface area contributed by atoms with Crippen molar-refractivity contribution in [3.63, 3.8) is 0 Å². The van der Waals surface area contributed by atoms with Crippen LogP contribution in [-0.2, 0) is 4.79 Å². The summed E-state index contributed by atoms with van der Waals surface area (Å²) in [6.45, 7) is 0.812. The first-order chi connectivity index (χ1) is 6.86. The second-order valence-electron chi connectivity index (χ2n) is 3.10. The lowest BCUT2D eigenvalue weighted by atomic mass is 10.2. The molecule has 0 aliphatic carbocycles. The molecule has 1 amide bonds. The van der Waals surface area contributed by atoms with Gasteiger partial charge in [0, 0.05) is 6.54 Å². The summed E-state index contributed by atoms with van der Waals surface area (Å²) in [5.74, 6) is 0.141. The number of aromatic nitrogens is 2. The van der Waals surface area contributed by atoms with E-state index in [1.807, 2.05) is 0 Å². The molecule has 1 aliphatic heterocycles. The van der Waals surface area contributed by atoms with Gasteiger partial charge in [-0.1, -0.05) is 29.5 Å². The first-order valence-electron chi connectivity index (χ1n) is 4.57. The van der Waals surface area contributed by atoms with Crippen LogP contribution in [0.2, 0.25) is 0 Å². The number of carbonyl (C=O) groups is 1. The molecule has 1 N–H and O–H groups in total. The minimum Gasteiger partial charge on any atom is -0.355 e. The van der Waals surface area contributed by atoms with E-state index in [-0.39, 0.29) is 11.2 Å². The molecular weight excluding hydrogens is 218 g/mol. The van der Waals surface area contributed by atoms with Gasteiger partial charge in [-0.2, -0.15) is 0 Å². The van der Waals surface area contributed by atoms with Gasteiger partial charge in [0.1, 0.15) is 5.51 Å². The van der Waals surface area contributed by atoms with Crippen molar-refractivity contribution in [2.75, 3.05) is 6.54 Å². The van der Waals surface area contributed by atoms with E-state index in [1.54, 1.807) is 5.51 Å². The third-order valence-electron chi connectivity index (χ3n) is 2.07. The van der Waals surface area contributed by atoms with Gasteiger partial charge < -0.3 is 5.32 Å². The molecule has 1 aromatic heterocycles. The number of carbonyl (C=O) groups excluding carboxylic acids is 1. The van der Waals surface area contributed by atoms with Crippen molar-refractivity contribution >= 4 is 29.0 Å². The maximum atomic E-state index is 11.6. The highest BCUT2D eigenvalue weighted by Crippen LogP contribution is 2.28. The van der Waals surface area contributed by atoms with Crippen LogP contribution in [0.3, 0.4) is 0 Å². The molecule has 2 rings (SSSR count). The van der Waals surface area contributed by atoms with E-state index in [0.717, 1.165) is 30.1 Å². The van der Waals surface area contributed by atoms with E-state index < -0.39 is 0 Å². The fraction of sp³-hybridized carbons (Fsp3) is 0.625. The highest BCUT2D eigenvalue weighted by molar-refractivity contribution is 8.02. The summed E-state index contributed by atoms with van der Waals surface area (Å²) in [6.07, 6.45) is 3.13. The minimum atomic E-state index is 0.0189. The fourth-order valence-corrected chi connectivity index (χ4v) is 3.15. The molecule has 0 saturated carbocycles. The van der Waals surface area contributed by atoms with E-state index in [4.69, 9.17) is 0 Å². The second kappa shape index (κ2) is 4.75. The molecule has 0 spiro atoms. The van der Waals surface area contributed by atoms with Gasteiger partial charge in [-0.15, -0.1) is 10.2 Å². The SMILES string of the molecule is O=C1NCCCC[C@@H]1Sc1nncs1. The van der Waals surface area contributed by atoms with Crippen molar-refractivity contribution in [3.8, 4) is 0 Å². The number of hydrogen-bond donors (Lipinski definition) is 1. The first kappa shape index (κ1) is 9.92. The Labute approximate surface area is 90.5 Å². The lowest BCUT2D eigenvalue weighted by Gasteiger charge is -2.09. The van der Waals surface area contributed by atoms with Crippen LogP contribution in [0.4, 0.5) is 0 Å². The highest BCUT2D eigenvalue weighted by Gasteiger charge is 2.22. The molecule has 0 radical (unpaired) electrons. The third-order valence-corrected chi connectivity index (χ3v) is 4.15. The Bertz CT molecular complexity index is 302. The van der Waals surface area contributed by atoms with E-state index >= 15 is 0 Å². The summed E-state index contributed by atoms with van der Waals surface area (Å²) in [5, 5.41) is 10.6. The Morgan fingerprint density at radius 2 is 2.50 bits per heavy atom. The molecule has 1 aliphatic rings. The number of nitrogens with one attached hydrogen (secondary N) is 1. The molecule has 4 nitrogen and oxygen atoms in total. The zero-order chi connectivity index (χ0) is 9.80. The predicted molar refractivity (Wildman–Crippen MR) is 56.4 cm³/mol. The van der Waals surface area contributed by atoms with Crippen LogP contribution < -0.4 is 5.32 Å². The Hall–Kier alpha value is -0.620. The number of hydrogen-bond acceptors (Lipinski definition) is 5. The van der Waals surface area contributed by atoms with Crippen molar-refractivity contribution in [2.45, 2.75) is 28.9 Å². The van der Waals surface area contributed by atoms with Crippen LogP contribution in [0.25, 0.3) is 0 Å². The maximum absolute atomic E-state index is 11.6. The zero-order valence-corrected chi connectivity index (χ0v) is 9.24. The fourth-order valence-electron chi connectivity index (χ4n) is 1.36. The van der Waals surface area contributed by atoms with Crippen LogP contribution in [0, 0.1) is 0 Å². The Balaban J connectivity index is 1.98. The quantitative estimate of drug-likeness (QED) is 0.830. The minimum absolute atomic E-state index is 0.0189. The third kappa shape index (κ3) is 2.45. The van der Waals surface area contributed by atoms with Gasteiger partial charge in [0.2, 0.25) is 5.91 Å². The molecule has 0 aromatic carbocycles. The summed E-state index contributed by atoms with van der Waals surface area (Å²) in [5.41, 5.74) is 1.69. The van der Waals surface area contributed by atoms with Crippen LogP contribution >= 0.6 is 23.1 Å². The Kier molecular flexibility index (Phi) is 3.36. The molecule has 1 fully saturated rings. The summed E-state index contributed by atoms with van der Waals surface area (Å²) in [4.78, 5) is 11.6. The van der Waals surface area contributed by atoms with Gasteiger partial charge in [0.15, 0.2) is 4.34 Å². The van der Waals surface area contributed by atoms with Crippen LogP contribution in [0.1, 0.15) is 19.3 Å². The first-order valence-corrected chi connectivity index (χ1v) is 6.33. The molecule has 1 aromatic rings. The smallest absolute Gasteiger partial charge is 0.233 e. The Morgan fingerprint density at radius 3 is 3.29 bits per heavy atom. The number of amides is 1. The molecule has 6 heteroatoms. The molecule has 0 unspecified atom stereocenters. The summed E-state index contributed by atoms with van der Waals surface area (Å²) >= 11 is 3.01. The van der Waals surface area contributed by atoms with Crippen molar-refractivity contribution in [2.24, 2.45) is 0 Å². The lowest BCUT2D eigenvalue weighted by Crippen LogP contribution is -2.30. The maximum Gasteiger partial charge on any atom is 0.233 e. The van der Waals surface area contributed by atoms with E-state index in [0.29, 0.717) is 0 Å². The molecular formula is C8H11N3OS2. The van der Waals surface area contributed by atoms with Crippen LogP contribution in [0.15, 0.2) is 9.85 Å². The van der Waals surface area contributed by atoms with Gasteiger partial charge in [0.05, 0.1) is 5.25 Å². The van der Waals surface area contributed by atoms with Crippen molar-refractivity contribution in [1.82, 2.24) is 15.5 Å². The second-order valence-corrected chi connectivity index (χ2v) is 5.38. The van der Waals surface area contributed by atoms with Crippen LogP contribution in [0.5, 0.6) is 0 Å². The highest BCUT2D eigenvalue weighted by atomic mass is 32.2. The lowest BCUT2D eigenvalue weighted by molar-refractivity contribution is -0.120. The monoisotopic (exact) mass is 229 g/mol. The van der Waals surface area contributed by atoms with Gasteiger partial charge in [-0.3, -0.25) is 4.79 Å². The predicted octanol–water partition coefficient (Wildman–Crippen LogP) is 1.30. The topological polar surface area (TPSA) is 54.9 Å². The van der Waals surface area contributed by atoms with Crippen LogP contribution in [-0.4, -0.2) is 27.9 Å². The number of thioether (sulfide) groups is 1. The number of rotatable bonds is 2. The summed E-state index contributed by atoms with van der Waals surface area (Å²) in [6, 6.07) is 0. The van der Waals surface area contributed by atoms with Crippen molar-refractivity contribution < 1.29 is 4.79 Å². The largest absolute Gasteiger partial charge is 0.355 e. The van der Waals surface area contributed by atoms with Gasteiger partial charge in [0.25, 0.3) is 0 Å². The van der Waals surface area contributed by atoms with Gasteiger partial charge in [-0.05, 0) is 12.8 Å².